The monoisotopic (exact) mass is 531 g/mol. The maximum atomic E-state index is 11.8. The maximum absolute atomic E-state index is 11.8. The highest BCUT2D eigenvalue weighted by Crippen LogP contribution is 2.29. The predicted molar refractivity (Wildman–Crippen MR) is 148 cm³/mol. The molecule has 0 saturated heterocycles. The predicted octanol–water partition coefficient (Wildman–Crippen LogP) is 5.38. The molecule has 2 aromatic carbocycles. The molecule has 0 saturated carbocycles. The summed E-state index contributed by atoms with van der Waals surface area (Å²) in [6.45, 7) is 12.8. The summed E-state index contributed by atoms with van der Waals surface area (Å²) >= 11 is 0. The van der Waals surface area contributed by atoms with Gasteiger partial charge in [0, 0.05) is 30.8 Å². The van der Waals surface area contributed by atoms with Crippen LogP contribution in [0, 0.1) is 11.3 Å². The Morgan fingerprint density at radius 3 is 2.59 bits per heavy atom. The van der Waals surface area contributed by atoms with Gasteiger partial charge in [0.05, 0.1) is 11.7 Å². The highest BCUT2D eigenvalue weighted by molar-refractivity contribution is 5.67. The molecule has 4 rings (SSSR count). The molecule has 0 radical (unpaired) electrons. The van der Waals surface area contributed by atoms with Crippen molar-refractivity contribution in [1.82, 2.24) is 20.4 Å². The number of carbonyl (C=O) groups is 1. The number of carbonyl (C=O) groups excluding carboxylic acids is 1. The molecule has 2 heterocycles. The molecule has 39 heavy (non-hydrogen) atoms. The molecule has 0 atom stereocenters. The van der Waals surface area contributed by atoms with Crippen molar-refractivity contribution in [3.8, 4) is 34.7 Å². The van der Waals surface area contributed by atoms with Crippen LogP contribution in [-0.4, -0.2) is 59.0 Å². The van der Waals surface area contributed by atoms with Crippen LogP contribution >= 0.6 is 0 Å². The zero-order valence-corrected chi connectivity index (χ0v) is 23.4. The molecule has 0 fully saturated rings. The molecule has 0 aliphatic carbocycles. The van der Waals surface area contributed by atoms with Crippen molar-refractivity contribution in [2.24, 2.45) is 0 Å². The summed E-state index contributed by atoms with van der Waals surface area (Å²) in [5.41, 5.74) is 4.13. The second-order valence-electron chi connectivity index (χ2n) is 11.0. The standard InChI is InChI=1S/C30H37N5O4/c1-20(2)37-26-10-9-24(18-25(26)19-31)28-33-27(34-39-28)23-8-7-21-11-15-35(16-12-22(21)17-23)14-6-13-32-29(36)38-30(3,4)5/h7-10,17-18,20H,6,11-16H2,1-5H3,(H,32,36). The van der Waals surface area contributed by atoms with E-state index >= 15 is 0 Å². The van der Waals surface area contributed by atoms with Crippen LogP contribution < -0.4 is 10.1 Å². The quantitative estimate of drug-likeness (QED) is 0.386. The summed E-state index contributed by atoms with van der Waals surface area (Å²) in [6.07, 6.45) is 2.36. The lowest BCUT2D eigenvalue weighted by Crippen LogP contribution is -2.35. The first-order chi connectivity index (χ1) is 18.6. The molecule has 1 aliphatic heterocycles. The number of benzene rings is 2. The van der Waals surface area contributed by atoms with Gasteiger partial charge in [0.25, 0.3) is 5.89 Å². The first-order valence-corrected chi connectivity index (χ1v) is 13.5. The van der Waals surface area contributed by atoms with E-state index in [4.69, 9.17) is 14.0 Å². The van der Waals surface area contributed by atoms with Crippen LogP contribution in [-0.2, 0) is 17.6 Å². The van der Waals surface area contributed by atoms with Crippen LogP contribution in [0.2, 0.25) is 0 Å². The van der Waals surface area contributed by atoms with E-state index < -0.39 is 5.60 Å². The summed E-state index contributed by atoms with van der Waals surface area (Å²) in [4.78, 5) is 18.9. The molecule has 9 nitrogen and oxygen atoms in total. The smallest absolute Gasteiger partial charge is 0.407 e. The second kappa shape index (κ2) is 12.3. The largest absolute Gasteiger partial charge is 0.490 e. The van der Waals surface area contributed by atoms with Gasteiger partial charge in [-0.15, -0.1) is 0 Å². The summed E-state index contributed by atoms with van der Waals surface area (Å²) in [5.74, 6) is 1.41. The van der Waals surface area contributed by atoms with E-state index in [1.54, 1.807) is 12.1 Å². The minimum absolute atomic E-state index is 0.0283. The second-order valence-corrected chi connectivity index (χ2v) is 11.0. The number of nitrogens with one attached hydrogen (secondary N) is 1. The number of fused-ring (bicyclic) bond motifs is 1. The fraction of sp³-hybridized carbons (Fsp3) is 0.467. The van der Waals surface area contributed by atoms with Crippen LogP contribution in [0.1, 0.15) is 57.7 Å². The molecule has 1 aromatic heterocycles. The van der Waals surface area contributed by atoms with Gasteiger partial charge in [-0.05, 0) is 95.8 Å². The third kappa shape index (κ3) is 7.80. The van der Waals surface area contributed by atoms with Crippen LogP contribution in [0.3, 0.4) is 0 Å². The molecule has 3 aromatic rings. The van der Waals surface area contributed by atoms with Crippen LogP contribution in [0.25, 0.3) is 22.8 Å². The third-order valence-corrected chi connectivity index (χ3v) is 6.31. The zero-order chi connectivity index (χ0) is 28.0. The van der Waals surface area contributed by atoms with E-state index in [1.807, 2.05) is 46.8 Å². The minimum atomic E-state index is -0.488. The van der Waals surface area contributed by atoms with Crippen LogP contribution in [0.15, 0.2) is 40.9 Å². The fourth-order valence-corrected chi connectivity index (χ4v) is 4.51. The molecule has 0 spiro atoms. The van der Waals surface area contributed by atoms with Crippen molar-refractivity contribution in [3.05, 3.63) is 53.1 Å². The topological polar surface area (TPSA) is 114 Å². The molecule has 206 valence electrons. The lowest BCUT2D eigenvalue weighted by Gasteiger charge is -2.21. The molecular formula is C30H37N5O4. The highest BCUT2D eigenvalue weighted by atomic mass is 16.6. The van der Waals surface area contributed by atoms with Gasteiger partial charge in [0.2, 0.25) is 5.82 Å². The van der Waals surface area contributed by atoms with E-state index in [1.165, 1.54) is 11.1 Å². The van der Waals surface area contributed by atoms with Gasteiger partial charge in [-0.3, -0.25) is 0 Å². The molecule has 1 amide bonds. The Balaban J connectivity index is 1.36. The molecule has 1 aliphatic rings. The first-order valence-electron chi connectivity index (χ1n) is 13.5. The Labute approximate surface area is 230 Å². The van der Waals surface area contributed by atoms with Gasteiger partial charge in [0.15, 0.2) is 0 Å². The number of ether oxygens (including phenoxy) is 2. The highest BCUT2D eigenvalue weighted by Gasteiger charge is 2.19. The van der Waals surface area contributed by atoms with Gasteiger partial charge in [-0.25, -0.2) is 4.79 Å². The van der Waals surface area contributed by atoms with Crippen molar-refractivity contribution in [2.45, 2.75) is 65.6 Å². The van der Waals surface area contributed by atoms with Crippen LogP contribution in [0.5, 0.6) is 5.75 Å². The molecular weight excluding hydrogens is 494 g/mol. The number of rotatable bonds is 8. The van der Waals surface area contributed by atoms with Crippen LogP contribution in [0.4, 0.5) is 4.79 Å². The number of nitriles is 1. The Bertz CT molecular complexity index is 1340. The SMILES string of the molecule is CC(C)Oc1ccc(-c2nc(-c3ccc4c(c3)CCN(CCCNC(=O)OC(C)(C)C)CC4)no2)cc1C#N. The van der Waals surface area contributed by atoms with Gasteiger partial charge < -0.3 is 24.2 Å². The fourth-order valence-electron chi connectivity index (χ4n) is 4.51. The average Bonchev–Trinajstić information content (AvgIpc) is 3.28. The summed E-state index contributed by atoms with van der Waals surface area (Å²) in [5, 5.41) is 16.6. The van der Waals surface area contributed by atoms with Crippen molar-refractivity contribution < 1.29 is 18.8 Å². The van der Waals surface area contributed by atoms with E-state index in [9.17, 15) is 10.1 Å². The zero-order valence-electron chi connectivity index (χ0n) is 23.4. The van der Waals surface area contributed by atoms with Crippen molar-refractivity contribution in [1.29, 1.82) is 5.26 Å². The number of alkyl carbamates (subject to hydrolysis) is 1. The van der Waals surface area contributed by atoms with Crippen molar-refractivity contribution >= 4 is 6.09 Å². The van der Waals surface area contributed by atoms with E-state index in [2.05, 4.69) is 38.6 Å². The van der Waals surface area contributed by atoms with Gasteiger partial charge in [-0.1, -0.05) is 17.3 Å². The van der Waals surface area contributed by atoms with Crippen molar-refractivity contribution in [3.63, 3.8) is 0 Å². The van der Waals surface area contributed by atoms with E-state index in [0.717, 1.165) is 44.5 Å². The van der Waals surface area contributed by atoms with Gasteiger partial charge >= 0.3 is 6.09 Å². The summed E-state index contributed by atoms with van der Waals surface area (Å²) in [6, 6.07) is 13.8. The number of amides is 1. The first kappa shape index (κ1) is 28.1. The van der Waals surface area contributed by atoms with Gasteiger partial charge in [0.1, 0.15) is 17.4 Å². The summed E-state index contributed by atoms with van der Waals surface area (Å²) < 4.78 is 16.6. The molecule has 0 bridgehead atoms. The third-order valence-electron chi connectivity index (χ3n) is 6.31. The van der Waals surface area contributed by atoms with Crippen molar-refractivity contribution in [2.75, 3.05) is 26.2 Å². The normalized spacial score (nSPS) is 13.9. The molecule has 0 unspecified atom stereocenters. The average molecular weight is 532 g/mol. The molecule has 9 heteroatoms. The lowest BCUT2D eigenvalue weighted by atomic mass is 10.00. The maximum Gasteiger partial charge on any atom is 0.407 e. The molecule has 1 N–H and O–H groups in total. The Hall–Kier alpha value is -3.90. The minimum Gasteiger partial charge on any atom is -0.490 e. The number of hydrogen-bond acceptors (Lipinski definition) is 8. The number of hydrogen-bond donors (Lipinski definition) is 1. The lowest BCUT2D eigenvalue weighted by molar-refractivity contribution is 0.0525. The Morgan fingerprint density at radius 2 is 1.87 bits per heavy atom. The van der Waals surface area contributed by atoms with E-state index in [-0.39, 0.29) is 12.2 Å². The Morgan fingerprint density at radius 1 is 1.13 bits per heavy atom. The number of nitrogens with zero attached hydrogens (tertiary/aromatic N) is 4. The number of aromatic nitrogens is 2. The van der Waals surface area contributed by atoms with Gasteiger partial charge in [-0.2, -0.15) is 10.2 Å². The Kier molecular flexibility index (Phi) is 8.87. The van der Waals surface area contributed by atoms with E-state index in [0.29, 0.717) is 35.1 Å². The summed E-state index contributed by atoms with van der Waals surface area (Å²) in [7, 11) is 0.